The lowest BCUT2D eigenvalue weighted by Crippen LogP contribution is -2.29. The summed E-state index contributed by atoms with van der Waals surface area (Å²) in [5, 5.41) is 12.7. The fraction of sp³-hybridized carbons (Fsp3) is 0.0370. The van der Waals surface area contributed by atoms with Crippen LogP contribution in [-0.2, 0) is 10.2 Å². The van der Waals surface area contributed by atoms with Gasteiger partial charge in [-0.15, -0.1) is 0 Å². The van der Waals surface area contributed by atoms with Crippen LogP contribution in [0.3, 0.4) is 0 Å². The van der Waals surface area contributed by atoms with Gasteiger partial charge in [0, 0.05) is 16.4 Å². The molecule has 0 fully saturated rings. The van der Waals surface area contributed by atoms with E-state index in [1.807, 2.05) is 12.1 Å². The summed E-state index contributed by atoms with van der Waals surface area (Å²) in [6.45, 7) is 0. The number of rotatable bonds is 6. The maximum absolute atomic E-state index is 16.1. The first-order valence-electron chi connectivity index (χ1n) is 9.98. The molecule has 154 valence electrons. The first-order valence-corrected chi connectivity index (χ1v) is 11.8. The van der Waals surface area contributed by atoms with Crippen LogP contribution in [0.25, 0.3) is 0 Å². The molecule has 4 aromatic carbocycles. The minimum absolute atomic E-state index is 0.364. The van der Waals surface area contributed by atoms with Crippen LogP contribution in [0.2, 0.25) is 0 Å². The summed E-state index contributed by atoms with van der Waals surface area (Å²) in [5.74, 6) is 0.235. The molecule has 4 heteroatoms. The van der Waals surface area contributed by atoms with Gasteiger partial charge in [-0.2, -0.15) is 0 Å². The van der Waals surface area contributed by atoms with Gasteiger partial charge in [-0.3, -0.25) is 0 Å². The lowest BCUT2D eigenvalue weighted by molar-refractivity contribution is 0.0948. The normalized spacial score (nSPS) is 12.5. The zero-order valence-corrected chi connectivity index (χ0v) is 17.7. The zero-order valence-electron chi connectivity index (χ0n) is 16.8. The molecule has 0 radical (unpaired) electrons. The van der Waals surface area contributed by atoms with Gasteiger partial charge in [0.15, 0.2) is 12.7 Å². The highest BCUT2D eigenvalue weighted by Gasteiger charge is 2.39. The molecule has 0 saturated carbocycles. The lowest BCUT2D eigenvalue weighted by Gasteiger charge is -2.29. The average Bonchev–Trinajstić information content (AvgIpc) is 2.85. The first kappa shape index (κ1) is 21.0. The SMILES string of the molecule is O=P(/C=C(/F)C(O)(c1ccccc1)c1ccccc1)(c1ccccc1)c1ccccc1. The molecule has 0 atom stereocenters. The summed E-state index contributed by atoms with van der Waals surface area (Å²) in [5.41, 5.74) is -1.34. The molecule has 0 bridgehead atoms. The van der Waals surface area contributed by atoms with Crippen LogP contribution < -0.4 is 10.6 Å². The molecule has 0 aromatic heterocycles. The Balaban J connectivity index is 1.96. The van der Waals surface area contributed by atoms with Crippen LogP contribution in [-0.4, -0.2) is 5.11 Å². The molecule has 0 amide bonds. The second-order valence-corrected chi connectivity index (χ2v) is 9.86. The van der Waals surface area contributed by atoms with E-state index in [0.29, 0.717) is 21.7 Å². The predicted octanol–water partition coefficient (Wildman–Crippen LogP) is 5.75. The van der Waals surface area contributed by atoms with Gasteiger partial charge in [0.25, 0.3) is 0 Å². The Morgan fingerprint density at radius 3 is 1.32 bits per heavy atom. The number of hydrogen-bond donors (Lipinski definition) is 1. The summed E-state index contributed by atoms with van der Waals surface area (Å²) >= 11 is 0. The monoisotopic (exact) mass is 428 g/mol. The number of halogens is 1. The maximum Gasteiger partial charge on any atom is 0.166 e. The highest BCUT2D eigenvalue weighted by molar-refractivity contribution is 7.81. The number of benzene rings is 4. The van der Waals surface area contributed by atoms with Crippen LogP contribution in [0, 0.1) is 0 Å². The van der Waals surface area contributed by atoms with Crippen molar-refractivity contribution in [3.8, 4) is 0 Å². The molecule has 2 nitrogen and oxygen atoms in total. The molecule has 0 aliphatic carbocycles. The Bertz CT molecular complexity index is 1120. The molecule has 1 N–H and O–H groups in total. The molecule has 0 aliphatic heterocycles. The van der Waals surface area contributed by atoms with Crippen molar-refractivity contribution in [2.75, 3.05) is 0 Å². The van der Waals surface area contributed by atoms with Crippen molar-refractivity contribution in [3.63, 3.8) is 0 Å². The zero-order chi connectivity index (χ0) is 21.7. The van der Waals surface area contributed by atoms with Crippen molar-refractivity contribution in [2.45, 2.75) is 5.60 Å². The highest BCUT2D eigenvalue weighted by Crippen LogP contribution is 2.50. The third kappa shape index (κ3) is 4.03. The molecular formula is C27H22FO2P. The third-order valence-electron chi connectivity index (χ3n) is 5.30. The van der Waals surface area contributed by atoms with Gasteiger partial charge in [-0.05, 0) is 11.1 Å². The summed E-state index contributed by atoms with van der Waals surface area (Å²) in [6, 6.07) is 34.9. The summed E-state index contributed by atoms with van der Waals surface area (Å²) < 4.78 is 30.4. The van der Waals surface area contributed by atoms with Gasteiger partial charge >= 0.3 is 0 Å². The van der Waals surface area contributed by atoms with Gasteiger partial charge in [0.05, 0.1) is 0 Å². The topological polar surface area (TPSA) is 37.3 Å². The standard InChI is InChI=1S/C27H22FO2P/c28-26(27(29,22-13-5-1-6-14-22)23-15-7-2-8-16-23)21-31(30,24-17-9-3-10-18-24)25-19-11-4-12-20-25/h1-21,29H/b26-21+. The Morgan fingerprint density at radius 2 is 0.968 bits per heavy atom. The Kier molecular flexibility index (Phi) is 5.99. The second-order valence-electron chi connectivity index (χ2n) is 7.25. The van der Waals surface area contributed by atoms with E-state index < -0.39 is 18.6 Å². The summed E-state index contributed by atoms with van der Waals surface area (Å²) in [7, 11) is -3.51. The van der Waals surface area contributed by atoms with Gasteiger partial charge in [-0.25, -0.2) is 4.39 Å². The molecule has 0 spiro atoms. The quantitative estimate of drug-likeness (QED) is 0.397. The van der Waals surface area contributed by atoms with Crippen LogP contribution in [0.15, 0.2) is 133 Å². The molecule has 0 heterocycles. The minimum Gasteiger partial charge on any atom is -0.374 e. The number of hydrogen-bond acceptors (Lipinski definition) is 2. The largest absolute Gasteiger partial charge is 0.374 e. The van der Waals surface area contributed by atoms with E-state index in [1.54, 1.807) is 109 Å². The summed E-state index contributed by atoms with van der Waals surface area (Å²) in [6.07, 6.45) is 0. The van der Waals surface area contributed by atoms with Crippen molar-refractivity contribution in [2.24, 2.45) is 0 Å². The third-order valence-corrected chi connectivity index (χ3v) is 8.02. The first-order chi connectivity index (χ1) is 15.0. The Labute approximate surface area is 181 Å². The van der Waals surface area contributed by atoms with Gasteiger partial charge < -0.3 is 9.67 Å². The van der Waals surface area contributed by atoms with Crippen LogP contribution in [0.1, 0.15) is 11.1 Å². The van der Waals surface area contributed by atoms with Crippen molar-refractivity contribution in [3.05, 3.63) is 144 Å². The van der Waals surface area contributed by atoms with E-state index in [2.05, 4.69) is 0 Å². The summed E-state index contributed by atoms with van der Waals surface area (Å²) in [4.78, 5) is 0. The molecule has 31 heavy (non-hydrogen) atoms. The van der Waals surface area contributed by atoms with Crippen LogP contribution in [0.4, 0.5) is 4.39 Å². The lowest BCUT2D eigenvalue weighted by atomic mass is 9.85. The van der Waals surface area contributed by atoms with Crippen molar-refractivity contribution in [1.29, 1.82) is 0 Å². The van der Waals surface area contributed by atoms with Crippen LogP contribution in [0.5, 0.6) is 0 Å². The Morgan fingerprint density at radius 1 is 0.645 bits per heavy atom. The second kappa shape index (κ2) is 8.85. The van der Waals surface area contributed by atoms with Crippen LogP contribution >= 0.6 is 7.14 Å². The predicted molar refractivity (Wildman–Crippen MR) is 125 cm³/mol. The number of aliphatic hydroxyl groups is 1. The smallest absolute Gasteiger partial charge is 0.166 e. The van der Waals surface area contributed by atoms with E-state index in [1.165, 1.54) is 0 Å². The molecule has 4 rings (SSSR count). The van der Waals surface area contributed by atoms with E-state index in [-0.39, 0.29) is 0 Å². The fourth-order valence-corrected chi connectivity index (χ4v) is 5.98. The maximum atomic E-state index is 16.1. The van der Waals surface area contributed by atoms with E-state index >= 15 is 4.39 Å². The van der Waals surface area contributed by atoms with E-state index in [4.69, 9.17) is 0 Å². The molecule has 0 unspecified atom stereocenters. The molecule has 4 aromatic rings. The van der Waals surface area contributed by atoms with Crippen molar-refractivity contribution >= 4 is 17.8 Å². The Hall–Kier alpha value is -3.26. The molecule has 0 saturated heterocycles. The van der Waals surface area contributed by atoms with Gasteiger partial charge in [0.1, 0.15) is 5.83 Å². The minimum atomic E-state index is -3.51. The molecule has 0 aliphatic rings. The van der Waals surface area contributed by atoms with E-state index in [9.17, 15) is 9.67 Å². The van der Waals surface area contributed by atoms with Crippen molar-refractivity contribution in [1.82, 2.24) is 0 Å². The van der Waals surface area contributed by atoms with Gasteiger partial charge in [-0.1, -0.05) is 121 Å². The fourth-order valence-electron chi connectivity index (χ4n) is 3.65. The van der Waals surface area contributed by atoms with E-state index in [0.717, 1.165) is 5.82 Å². The highest BCUT2D eigenvalue weighted by atomic mass is 31.2. The average molecular weight is 428 g/mol. The molecular weight excluding hydrogens is 406 g/mol. The van der Waals surface area contributed by atoms with Gasteiger partial charge in [0.2, 0.25) is 0 Å². The van der Waals surface area contributed by atoms with Crippen molar-refractivity contribution < 1.29 is 14.1 Å².